The molecule has 2 aromatic carbocycles. The summed E-state index contributed by atoms with van der Waals surface area (Å²) in [6, 6.07) is 14.3. The minimum Gasteiger partial charge on any atom is -0.216 e. The first-order valence-corrected chi connectivity index (χ1v) is 12.8. The molecule has 2 atom stereocenters. The van der Waals surface area contributed by atoms with E-state index in [1.165, 1.54) is 44.1 Å². The monoisotopic (exact) mass is 441 g/mol. The van der Waals surface area contributed by atoms with E-state index in [4.69, 9.17) is 0 Å². The molecule has 0 saturated carbocycles. The smallest absolute Gasteiger partial charge is 0.216 e. The quantitative estimate of drug-likeness (QED) is 0.279. The Morgan fingerprint density at radius 1 is 0.879 bits per heavy atom. The van der Waals surface area contributed by atoms with E-state index < -0.39 is 0 Å². The molecule has 0 amide bonds. The van der Waals surface area contributed by atoms with Gasteiger partial charge in [-0.3, -0.25) is 0 Å². The van der Waals surface area contributed by atoms with Gasteiger partial charge in [0.25, 0.3) is 5.65 Å². The minimum atomic E-state index is -0.0114. The third kappa shape index (κ3) is 2.70. The first-order chi connectivity index (χ1) is 15.3. The molecule has 0 fully saturated rings. The van der Waals surface area contributed by atoms with Gasteiger partial charge in [-0.15, -0.1) is 0 Å². The van der Waals surface area contributed by atoms with E-state index in [9.17, 15) is 0 Å². The standard InChI is InChI=1S/C31H41N2/c1-11-30(9)22-15-13-14-21-23(29(6,7)8)18-24-27(26(21)22)33(31(30,10)12-2)25-17-16-20(19-32(24)25)28(3,4)5/h13-19H,11-12H2,1-10H3/q+1. The predicted octanol–water partition coefficient (Wildman–Crippen LogP) is 7.93. The number of nitrogens with zero attached hydrogens (tertiary/aromatic N) is 2. The summed E-state index contributed by atoms with van der Waals surface area (Å²) in [6.45, 7) is 23.7. The zero-order valence-corrected chi connectivity index (χ0v) is 22.4. The number of hydrogen-bond acceptors (Lipinski definition) is 0. The number of rotatable bonds is 2. The lowest BCUT2D eigenvalue weighted by atomic mass is 9.61. The fraction of sp³-hybridized carbons (Fsp3) is 0.516. The van der Waals surface area contributed by atoms with Crippen molar-refractivity contribution in [3.8, 4) is 0 Å². The maximum absolute atomic E-state index is 2.71. The van der Waals surface area contributed by atoms with Gasteiger partial charge in [-0.05, 0) is 64.8 Å². The SMILES string of the molecule is CCC1(C)c2cccc3c(C(C)(C)C)cc4c(c23)[n+](c2ccc(C(C)(C)C)cn42)C1(C)CC. The second-order valence-electron chi connectivity index (χ2n) is 12.8. The Balaban J connectivity index is 2.13. The van der Waals surface area contributed by atoms with Crippen molar-refractivity contribution in [3.63, 3.8) is 0 Å². The van der Waals surface area contributed by atoms with E-state index in [2.05, 4.69) is 121 Å². The van der Waals surface area contributed by atoms with Gasteiger partial charge in [-0.2, -0.15) is 4.40 Å². The topological polar surface area (TPSA) is 8.29 Å². The second-order valence-corrected chi connectivity index (χ2v) is 12.8. The zero-order chi connectivity index (χ0) is 24.1. The molecule has 174 valence electrons. The van der Waals surface area contributed by atoms with Crippen LogP contribution in [0.3, 0.4) is 0 Å². The van der Waals surface area contributed by atoms with Crippen LogP contribution in [0.4, 0.5) is 0 Å². The van der Waals surface area contributed by atoms with Crippen molar-refractivity contribution in [2.45, 2.75) is 104 Å². The molecule has 0 radical (unpaired) electrons. The fourth-order valence-electron chi connectivity index (χ4n) is 6.52. The summed E-state index contributed by atoms with van der Waals surface area (Å²) < 4.78 is 5.21. The highest BCUT2D eigenvalue weighted by Crippen LogP contribution is 2.51. The average molecular weight is 442 g/mol. The molecule has 0 spiro atoms. The maximum atomic E-state index is 2.71. The number of hydrogen-bond donors (Lipinski definition) is 0. The van der Waals surface area contributed by atoms with Gasteiger partial charge in [0.15, 0.2) is 11.0 Å². The molecular formula is C31H41N2+. The van der Waals surface area contributed by atoms with E-state index in [1.807, 2.05) is 0 Å². The Bertz CT molecular complexity index is 1420. The van der Waals surface area contributed by atoms with Crippen molar-refractivity contribution in [2.24, 2.45) is 0 Å². The van der Waals surface area contributed by atoms with Gasteiger partial charge in [0.05, 0.1) is 0 Å². The average Bonchev–Trinajstić information content (AvgIpc) is 3.09. The van der Waals surface area contributed by atoms with Crippen LogP contribution in [0.2, 0.25) is 0 Å². The van der Waals surface area contributed by atoms with Crippen LogP contribution in [0.5, 0.6) is 0 Å². The summed E-state index contributed by atoms with van der Waals surface area (Å²) in [5.74, 6) is 0. The Kier molecular flexibility index (Phi) is 4.50. The van der Waals surface area contributed by atoms with Crippen LogP contribution >= 0.6 is 0 Å². The molecule has 0 aliphatic carbocycles. The second kappa shape index (κ2) is 6.62. The van der Waals surface area contributed by atoms with Crippen LogP contribution in [0.15, 0.2) is 42.6 Å². The highest BCUT2D eigenvalue weighted by Gasteiger charge is 2.54. The van der Waals surface area contributed by atoms with Crippen molar-refractivity contribution in [1.29, 1.82) is 0 Å². The Labute approximate surface area is 199 Å². The molecule has 1 aliphatic rings. The van der Waals surface area contributed by atoms with Gasteiger partial charge in [-0.1, -0.05) is 80.5 Å². The highest BCUT2D eigenvalue weighted by molar-refractivity contribution is 6.08. The van der Waals surface area contributed by atoms with E-state index in [0.717, 1.165) is 12.8 Å². The summed E-state index contributed by atoms with van der Waals surface area (Å²) in [6.07, 6.45) is 4.61. The molecule has 0 bridgehead atoms. The molecule has 2 aromatic heterocycles. The van der Waals surface area contributed by atoms with Gasteiger partial charge in [0.1, 0.15) is 11.7 Å². The lowest BCUT2D eigenvalue weighted by Gasteiger charge is -2.47. The van der Waals surface area contributed by atoms with Crippen molar-refractivity contribution in [3.05, 3.63) is 59.3 Å². The van der Waals surface area contributed by atoms with Gasteiger partial charge in [0.2, 0.25) is 0 Å². The third-order valence-electron chi connectivity index (χ3n) is 9.10. The van der Waals surface area contributed by atoms with Crippen molar-refractivity contribution < 1.29 is 4.57 Å². The van der Waals surface area contributed by atoms with Crippen molar-refractivity contribution in [1.82, 2.24) is 4.40 Å². The predicted molar refractivity (Wildman–Crippen MR) is 142 cm³/mol. The van der Waals surface area contributed by atoms with Crippen LogP contribution < -0.4 is 4.57 Å². The summed E-state index contributed by atoms with van der Waals surface area (Å²) >= 11 is 0. The van der Waals surface area contributed by atoms with Gasteiger partial charge < -0.3 is 0 Å². The molecule has 1 aliphatic heterocycles. The Morgan fingerprint density at radius 2 is 1.58 bits per heavy atom. The summed E-state index contributed by atoms with van der Waals surface area (Å²) in [7, 11) is 0. The van der Waals surface area contributed by atoms with Crippen LogP contribution in [-0.2, 0) is 21.8 Å². The van der Waals surface area contributed by atoms with Crippen molar-refractivity contribution >= 4 is 27.5 Å². The molecule has 33 heavy (non-hydrogen) atoms. The van der Waals surface area contributed by atoms with Gasteiger partial charge in [0, 0.05) is 16.9 Å². The minimum absolute atomic E-state index is 0.0114. The first-order valence-electron chi connectivity index (χ1n) is 12.8. The fourth-order valence-corrected chi connectivity index (χ4v) is 6.52. The summed E-state index contributed by atoms with van der Waals surface area (Å²) in [5, 5.41) is 2.89. The normalized spacial score (nSPS) is 23.3. The Morgan fingerprint density at radius 3 is 2.15 bits per heavy atom. The first kappa shape index (κ1) is 22.4. The maximum Gasteiger partial charge on any atom is 0.287 e. The number of imidazole rings is 1. The van der Waals surface area contributed by atoms with E-state index in [-0.39, 0.29) is 21.8 Å². The lowest BCUT2D eigenvalue weighted by molar-refractivity contribution is -0.728. The van der Waals surface area contributed by atoms with Crippen LogP contribution in [0.25, 0.3) is 27.5 Å². The highest BCUT2D eigenvalue weighted by atomic mass is 15.2. The van der Waals surface area contributed by atoms with E-state index in [0.29, 0.717) is 0 Å². The molecule has 0 saturated heterocycles. The molecule has 5 rings (SSSR count). The largest absolute Gasteiger partial charge is 0.287 e. The lowest BCUT2D eigenvalue weighted by Crippen LogP contribution is -2.66. The van der Waals surface area contributed by atoms with E-state index in [1.54, 1.807) is 0 Å². The number of fused-ring (bicyclic) bond motifs is 3. The molecule has 0 N–H and O–H groups in total. The Hall–Kier alpha value is -2.35. The van der Waals surface area contributed by atoms with Gasteiger partial charge >= 0.3 is 0 Å². The molecule has 4 aromatic rings. The van der Waals surface area contributed by atoms with E-state index >= 15 is 0 Å². The molecule has 2 heteroatoms. The van der Waals surface area contributed by atoms with Crippen LogP contribution in [0.1, 0.15) is 98.8 Å². The zero-order valence-electron chi connectivity index (χ0n) is 22.4. The molecule has 3 heterocycles. The number of aromatic nitrogens is 2. The molecular weight excluding hydrogens is 400 g/mol. The molecule has 2 unspecified atom stereocenters. The summed E-state index contributed by atoms with van der Waals surface area (Å²) in [5.41, 5.74) is 8.62. The van der Waals surface area contributed by atoms with Gasteiger partial charge in [-0.25, -0.2) is 4.57 Å². The van der Waals surface area contributed by atoms with Crippen LogP contribution in [0, 0.1) is 0 Å². The molecule has 2 nitrogen and oxygen atoms in total. The number of pyridine rings is 1. The number of benzene rings is 2. The van der Waals surface area contributed by atoms with Crippen LogP contribution in [-0.4, -0.2) is 4.40 Å². The van der Waals surface area contributed by atoms with Crippen molar-refractivity contribution in [2.75, 3.05) is 0 Å². The third-order valence-corrected chi connectivity index (χ3v) is 9.10. The summed E-state index contributed by atoms with van der Waals surface area (Å²) in [4.78, 5) is 0.